The number of unbranched alkanes of at least 4 members (excludes halogenated alkanes) is 55. The molecule has 0 aromatic carbocycles. The van der Waals surface area contributed by atoms with E-state index in [1.165, 1.54) is 334 Å². The van der Waals surface area contributed by atoms with Crippen LogP contribution in [0.2, 0.25) is 0 Å². The van der Waals surface area contributed by atoms with E-state index >= 15 is 0 Å². The van der Waals surface area contributed by atoms with Gasteiger partial charge in [0.2, 0.25) is 5.91 Å². The van der Waals surface area contributed by atoms with Crippen molar-refractivity contribution in [3.8, 4) is 0 Å². The van der Waals surface area contributed by atoms with Crippen molar-refractivity contribution in [2.45, 2.75) is 448 Å². The summed E-state index contributed by atoms with van der Waals surface area (Å²) in [5, 5.41) is 55.1. The second-order valence-electron chi connectivity index (χ2n) is 27.2. The SMILES string of the molecule is CCCCCCC/C=C\C/C=C\CCCCCCCCCCCCCCCCCCCCCC(=O)NC(COC1OC(CO)C(O)C(O)C1O)C(O)CCCCCCCCCCCCCCCCCCCCCCCCCCCCCCCCCC. The first-order valence-electron chi connectivity index (χ1n) is 38.5. The fourth-order valence-electron chi connectivity index (χ4n) is 12.8. The van der Waals surface area contributed by atoms with Crippen LogP contribution >= 0.6 is 0 Å². The topological polar surface area (TPSA) is 149 Å². The number of allylic oxidation sites excluding steroid dienone is 4. The van der Waals surface area contributed by atoms with E-state index in [0.29, 0.717) is 12.8 Å². The lowest BCUT2D eigenvalue weighted by atomic mass is 9.99. The Morgan fingerprint density at radius 1 is 0.395 bits per heavy atom. The molecule has 1 amide bonds. The van der Waals surface area contributed by atoms with Gasteiger partial charge < -0.3 is 40.3 Å². The Morgan fingerprint density at radius 3 is 1.00 bits per heavy atom. The Morgan fingerprint density at radius 2 is 0.686 bits per heavy atom. The third-order valence-electron chi connectivity index (χ3n) is 18.8. The van der Waals surface area contributed by atoms with Crippen molar-refractivity contribution in [3.63, 3.8) is 0 Å². The number of aliphatic hydroxyl groups excluding tert-OH is 5. The number of amides is 1. The van der Waals surface area contributed by atoms with Crippen LogP contribution in [0, 0.1) is 0 Å². The van der Waals surface area contributed by atoms with Crippen LogP contribution < -0.4 is 5.32 Å². The number of carbonyl (C=O) groups is 1. The van der Waals surface area contributed by atoms with Crippen LogP contribution in [0.25, 0.3) is 0 Å². The van der Waals surface area contributed by atoms with Crippen molar-refractivity contribution in [2.75, 3.05) is 13.2 Å². The smallest absolute Gasteiger partial charge is 0.220 e. The average Bonchev–Trinajstić information content (AvgIpc) is 3.59. The molecule has 1 fully saturated rings. The maximum Gasteiger partial charge on any atom is 0.220 e. The van der Waals surface area contributed by atoms with E-state index in [4.69, 9.17) is 9.47 Å². The number of hydrogen-bond donors (Lipinski definition) is 6. The van der Waals surface area contributed by atoms with Crippen molar-refractivity contribution in [3.05, 3.63) is 24.3 Å². The number of carbonyl (C=O) groups excluding carboxylic acids is 1. The summed E-state index contributed by atoms with van der Waals surface area (Å²) in [6, 6.07) is -0.719. The minimum absolute atomic E-state index is 0.133. The molecule has 0 aromatic rings. The highest BCUT2D eigenvalue weighted by atomic mass is 16.7. The highest BCUT2D eigenvalue weighted by Gasteiger charge is 2.44. The quantitative estimate of drug-likeness (QED) is 0.0261. The highest BCUT2D eigenvalue weighted by molar-refractivity contribution is 5.76. The van der Waals surface area contributed by atoms with Gasteiger partial charge in [-0.1, -0.05) is 378 Å². The van der Waals surface area contributed by atoms with E-state index in [2.05, 4.69) is 43.5 Å². The lowest BCUT2D eigenvalue weighted by Gasteiger charge is -2.40. The zero-order chi connectivity index (χ0) is 62.1. The van der Waals surface area contributed by atoms with Crippen molar-refractivity contribution < 1.29 is 39.8 Å². The van der Waals surface area contributed by atoms with Gasteiger partial charge in [-0.15, -0.1) is 0 Å². The second kappa shape index (κ2) is 66.6. The number of nitrogens with one attached hydrogen (secondary N) is 1. The predicted octanol–water partition coefficient (Wildman–Crippen LogP) is 21.6. The minimum atomic E-state index is -1.55. The van der Waals surface area contributed by atoms with Gasteiger partial charge in [0.05, 0.1) is 25.4 Å². The van der Waals surface area contributed by atoms with E-state index in [-0.39, 0.29) is 12.5 Å². The van der Waals surface area contributed by atoms with Crippen LogP contribution in [0.4, 0.5) is 0 Å². The molecule has 0 aromatic heterocycles. The van der Waals surface area contributed by atoms with Crippen LogP contribution in [0.15, 0.2) is 24.3 Å². The molecule has 7 unspecified atom stereocenters. The summed E-state index contributed by atoms with van der Waals surface area (Å²) >= 11 is 0. The average molecular weight is 1220 g/mol. The summed E-state index contributed by atoms with van der Waals surface area (Å²) in [4.78, 5) is 13.2. The molecule has 0 saturated carbocycles. The fraction of sp³-hybridized carbons (Fsp3) is 0.935. The molecule has 1 saturated heterocycles. The monoisotopic (exact) mass is 1220 g/mol. The van der Waals surface area contributed by atoms with Gasteiger partial charge in [-0.2, -0.15) is 0 Å². The van der Waals surface area contributed by atoms with Gasteiger partial charge in [0.25, 0.3) is 0 Å². The van der Waals surface area contributed by atoms with Gasteiger partial charge in [-0.05, 0) is 44.9 Å². The fourth-order valence-corrected chi connectivity index (χ4v) is 12.8. The van der Waals surface area contributed by atoms with Gasteiger partial charge in [0.1, 0.15) is 24.4 Å². The first-order valence-corrected chi connectivity index (χ1v) is 38.5. The zero-order valence-electron chi connectivity index (χ0n) is 57.4. The second-order valence-corrected chi connectivity index (χ2v) is 27.2. The van der Waals surface area contributed by atoms with Gasteiger partial charge in [0, 0.05) is 6.42 Å². The molecule has 0 aliphatic carbocycles. The van der Waals surface area contributed by atoms with Crippen LogP contribution in [0.3, 0.4) is 0 Å². The molecule has 9 heteroatoms. The molecule has 0 spiro atoms. The Kier molecular flexibility index (Phi) is 64.0. The minimum Gasteiger partial charge on any atom is -0.394 e. The van der Waals surface area contributed by atoms with Crippen molar-refractivity contribution >= 4 is 5.91 Å². The molecular weight excluding hydrogens is 1070 g/mol. The molecule has 86 heavy (non-hydrogen) atoms. The van der Waals surface area contributed by atoms with E-state index in [1.54, 1.807) is 0 Å². The molecule has 6 N–H and O–H groups in total. The molecule has 1 aliphatic rings. The Bertz CT molecular complexity index is 1410. The van der Waals surface area contributed by atoms with Crippen molar-refractivity contribution in [2.24, 2.45) is 0 Å². The van der Waals surface area contributed by atoms with Gasteiger partial charge >= 0.3 is 0 Å². The lowest BCUT2D eigenvalue weighted by Crippen LogP contribution is -2.60. The van der Waals surface area contributed by atoms with E-state index < -0.39 is 49.5 Å². The van der Waals surface area contributed by atoms with Gasteiger partial charge in [-0.3, -0.25) is 4.79 Å². The highest BCUT2D eigenvalue weighted by Crippen LogP contribution is 2.24. The Balaban J connectivity index is 2.06. The van der Waals surface area contributed by atoms with E-state index in [9.17, 15) is 30.3 Å². The number of rotatable bonds is 69. The predicted molar refractivity (Wildman–Crippen MR) is 369 cm³/mol. The summed E-state index contributed by atoms with van der Waals surface area (Å²) < 4.78 is 11.4. The third-order valence-corrected chi connectivity index (χ3v) is 18.8. The number of hydrogen-bond acceptors (Lipinski definition) is 8. The molecule has 9 nitrogen and oxygen atoms in total. The van der Waals surface area contributed by atoms with Gasteiger partial charge in [-0.25, -0.2) is 0 Å². The summed E-state index contributed by atoms with van der Waals surface area (Å²) in [5.74, 6) is -0.135. The number of aliphatic hydroxyl groups is 5. The standard InChI is InChI=1S/C77H149NO8/c1-3-5-7-9-11-13-15-17-19-21-23-25-27-29-31-33-35-37-38-40-42-44-46-48-50-52-54-56-58-60-62-64-66-71(80)70(69-85-77-76(84)75(83)74(82)72(68-79)86-77)78-73(81)67-65-63-61-59-57-55-53-51-49-47-45-43-41-39-36-34-32-30-28-26-24-22-20-18-16-14-12-10-8-6-4-2/h16,18,22,24,70-72,74-77,79-80,82-84H,3-15,17,19-21,23,25-69H2,1-2H3,(H,78,81)/b18-16-,24-22-. The van der Waals surface area contributed by atoms with Crippen molar-refractivity contribution in [1.82, 2.24) is 5.32 Å². The van der Waals surface area contributed by atoms with E-state index in [0.717, 1.165) is 44.9 Å². The molecule has 510 valence electrons. The molecule has 1 heterocycles. The summed E-state index contributed by atoms with van der Waals surface area (Å²) in [5.41, 5.74) is 0. The maximum absolute atomic E-state index is 13.2. The van der Waals surface area contributed by atoms with Crippen LogP contribution in [-0.4, -0.2) is 87.5 Å². The third kappa shape index (κ3) is 54.4. The molecule has 1 aliphatic heterocycles. The van der Waals surface area contributed by atoms with Crippen LogP contribution in [0.1, 0.15) is 406 Å². The summed E-state index contributed by atoms with van der Waals surface area (Å²) in [7, 11) is 0. The molecule has 7 atom stereocenters. The molecule has 0 bridgehead atoms. The summed E-state index contributed by atoms with van der Waals surface area (Å²) in [6.45, 7) is 3.89. The molecule has 0 radical (unpaired) electrons. The molecular formula is C77H149NO8. The van der Waals surface area contributed by atoms with E-state index in [1.807, 2.05) is 0 Å². The zero-order valence-corrected chi connectivity index (χ0v) is 57.4. The van der Waals surface area contributed by atoms with Crippen molar-refractivity contribution in [1.29, 1.82) is 0 Å². The first kappa shape index (κ1) is 82.7. The maximum atomic E-state index is 13.2. The summed E-state index contributed by atoms with van der Waals surface area (Å²) in [6.07, 6.45) is 81.3. The Labute approximate surface area is 534 Å². The molecule has 1 rings (SSSR count). The lowest BCUT2D eigenvalue weighted by molar-refractivity contribution is -0.302. The van der Waals surface area contributed by atoms with Crippen LogP contribution in [-0.2, 0) is 14.3 Å². The number of ether oxygens (including phenoxy) is 2. The van der Waals surface area contributed by atoms with Crippen LogP contribution in [0.5, 0.6) is 0 Å². The van der Waals surface area contributed by atoms with Gasteiger partial charge in [0.15, 0.2) is 6.29 Å². The largest absolute Gasteiger partial charge is 0.394 e. The normalized spacial score (nSPS) is 18.1. The first-order chi connectivity index (χ1) is 42.3. The Hall–Kier alpha value is -1.33.